The fourth-order valence-electron chi connectivity index (χ4n) is 5.06. The van der Waals surface area contributed by atoms with Crippen molar-refractivity contribution in [1.29, 1.82) is 0 Å². The number of fused-ring (bicyclic) bond motifs is 2. The first-order valence-corrected chi connectivity index (χ1v) is 18.1. The Hall–Kier alpha value is -2.74. The van der Waals surface area contributed by atoms with Crippen LogP contribution in [0.3, 0.4) is 0 Å². The summed E-state index contributed by atoms with van der Waals surface area (Å²) in [4.78, 5) is 13.3. The second kappa shape index (κ2) is 11.5. The molecule has 0 spiro atoms. The van der Waals surface area contributed by atoms with Crippen molar-refractivity contribution in [2.24, 2.45) is 0 Å². The Balaban J connectivity index is 1.30. The number of hydrogen-bond acceptors (Lipinski definition) is 8. The number of rotatable bonds is 9. The number of hydrogen-bond donors (Lipinski definition) is 1. The molecular formula is C29H32BrFN4O5Si. The lowest BCUT2D eigenvalue weighted by Crippen LogP contribution is -2.35. The molecule has 4 aromatic rings. The van der Waals surface area contributed by atoms with Gasteiger partial charge in [-0.2, -0.15) is 0 Å². The second-order valence-corrected chi connectivity index (χ2v) is 18.0. The van der Waals surface area contributed by atoms with E-state index in [9.17, 15) is 5.11 Å². The first-order chi connectivity index (χ1) is 19.7. The van der Waals surface area contributed by atoms with E-state index < -0.39 is 32.2 Å². The highest BCUT2D eigenvalue weighted by molar-refractivity contribution is 9.10. The number of aromatic nitrogens is 4. The molecule has 216 valence electrons. The third-order valence-electron chi connectivity index (χ3n) is 7.35. The van der Waals surface area contributed by atoms with Gasteiger partial charge in [-0.15, -0.1) is 0 Å². The summed E-state index contributed by atoms with van der Waals surface area (Å²) in [6.45, 7) is 8.17. The van der Waals surface area contributed by atoms with E-state index in [-0.39, 0.29) is 31.7 Å². The average molecular weight is 644 g/mol. The number of pyridine rings is 1. The quantitative estimate of drug-likeness (QED) is 0.194. The number of ether oxygens (including phenoxy) is 4. The van der Waals surface area contributed by atoms with Gasteiger partial charge in [0.15, 0.2) is 17.8 Å². The van der Waals surface area contributed by atoms with Crippen molar-refractivity contribution in [3.05, 3.63) is 59.2 Å². The standard InChI is InChI=1S/C29H32BrFN4O5Si/c1-41(2,3)9-8-37-16-35-22-10-19(31)27(18-6-4-17(5-7-18)21-12-33-25(30)13-32-21)34-20(22)11-26(35)40-24-15-39-28-23(36)14-38-29(24)28/h4-7,10-13,23-24,28-29,36H,8-9,14-16H2,1-3H3/t23-,24-,28-,29-/m1/s1. The molecule has 1 aromatic carbocycles. The van der Waals surface area contributed by atoms with Gasteiger partial charge in [0.25, 0.3) is 0 Å². The highest BCUT2D eigenvalue weighted by Gasteiger charge is 2.48. The molecule has 3 aromatic heterocycles. The SMILES string of the molecule is C[Si](C)(C)CCOCn1c(O[C@@H]2CO[C@H]3[C@@H]2OC[C@H]3O)cc2nc(-c3ccc(-c4cnc(Br)cn4)cc3)c(F)cc21. The number of aliphatic hydroxyl groups excluding tert-OH is 1. The first-order valence-electron chi connectivity index (χ1n) is 13.6. The molecule has 6 rings (SSSR count). The molecule has 0 unspecified atom stereocenters. The zero-order valence-corrected chi connectivity index (χ0v) is 25.7. The fraction of sp³-hybridized carbons (Fsp3) is 0.414. The van der Waals surface area contributed by atoms with Gasteiger partial charge in [-0.3, -0.25) is 9.55 Å². The lowest BCUT2D eigenvalue weighted by Gasteiger charge is -2.20. The average Bonchev–Trinajstić information content (AvgIpc) is 3.61. The van der Waals surface area contributed by atoms with Crippen molar-refractivity contribution in [2.45, 2.75) is 56.8 Å². The molecule has 12 heteroatoms. The summed E-state index contributed by atoms with van der Waals surface area (Å²) >= 11 is 3.30. The summed E-state index contributed by atoms with van der Waals surface area (Å²) in [6.07, 6.45) is 1.43. The zero-order chi connectivity index (χ0) is 28.7. The smallest absolute Gasteiger partial charge is 0.198 e. The van der Waals surface area contributed by atoms with Gasteiger partial charge in [-0.25, -0.2) is 14.4 Å². The van der Waals surface area contributed by atoms with Crippen LogP contribution in [0.1, 0.15) is 0 Å². The van der Waals surface area contributed by atoms with E-state index in [1.54, 1.807) is 23.0 Å². The minimum Gasteiger partial charge on any atom is -0.470 e. The van der Waals surface area contributed by atoms with E-state index in [0.29, 0.717) is 39.4 Å². The Morgan fingerprint density at radius 2 is 1.80 bits per heavy atom. The molecule has 2 saturated heterocycles. The molecule has 1 N–H and O–H groups in total. The van der Waals surface area contributed by atoms with Crippen molar-refractivity contribution in [3.8, 4) is 28.4 Å². The van der Waals surface area contributed by atoms with Crippen LogP contribution >= 0.6 is 15.9 Å². The highest BCUT2D eigenvalue weighted by Crippen LogP contribution is 2.34. The minimum absolute atomic E-state index is 0.192. The molecule has 0 saturated carbocycles. The Bertz CT molecular complexity index is 1530. The van der Waals surface area contributed by atoms with Crippen molar-refractivity contribution >= 4 is 35.0 Å². The molecule has 4 atom stereocenters. The van der Waals surface area contributed by atoms with Gasteiger partial charge < -0.3 is 24.1 Å². The van der Waals surface area contributed by atoms with Gasteiger partial charge in [0.1, 0.15) is 35.3 Å². The van der Waals surface area contributed by atoms with Crippen LogP contribution in [0.5, 0.6) is 5.88 Å². The van der Waals surface area contributed by atoms with Crippen molar-refractivity contribution < 1.29 is 28.4 Å². The number of benzene rings is 1. The number of halogens is 2. The molecule has 2 aliphatic rings. The van der Waals surface area contributed by atoms with Crippen molar-refractivity contribution in [1.82, 2.24) is 19.5 Å². The lowest BCUT2D eigenvalue weighted by molar-refractivity contribution is 0.00479. The van der Waals surface area contributed by atoms with Crippen LogP contribution in [0.4, 0.5) is 4.39 Å². The molecule has 0 aliphatic carbocycles. The van der Waals surface area contributed by atoms with Crippen LogP contribution in [0.15, 0.2) is 53.4 Å². The molecule has 2 fully saturated rings. The van der Waals surface area contributed by atoms with Gasteiger partial charge >= 0.3 is 0 Å². The largest absolute Gasteiger partial charge is 0.470 e. The van der Waals surface area contributed by atoms with Crippen LogP contribution in [0.2, 0.25) is 25.7 Å². The predicted molar refractivity (Wildman–Crippen MR) is 158 cm³/mol. The Morgan fingerprint density at radius 1 is 1.05 bits per heavy atom. The normalized spacial score (nSPS) is 22.4. The zero-order valence-electron chi connectivity index (χ0n) is 23.1. The maximum atomic E-state index is 15.6. The summed E-state index contributed by atoms with van der Waals surface area (Å²) in [6, 6.07) is 11.7. The molecule has 5 heterocycles. The van der Waals surface area contributed by atoms with E-state index >= 15 is 4.39 Å². The van der Waals surface area contributed by atoms with Crippen LogP contribution < -0.4 is 4.74 Å². The molecule has 0 bridgehead atoms. The van der Waals surface area contributed by atoms with Crippen LogP contribution in [-0.2, 0) is 20.9 Å². The topological polar surface area (TPSA) is 101 Å². The Kier molecular flexibility index (Phi) is 7.96. The first kappa shape index (κ1) is 28.4. The fourth-order valence-corrected chi connectivity index (χ4v) is 6.02. The van der Waals surface area contributed by atoms with E-state index in [2.05, 4.69) is 45.5 Å². The molecule has 0 amide bonds. The predicted octanol–water partition coefficient (Wildman–Crippen LogP) is 5.28. The summed E-state index contributed by atoms with van der Waals surface area (Å²) in [5.74, 6) is 0.0358. The number of aliphatic hydroxyl groups is 1. The van der Waals surface area contributed by atoms with E-state index in [1.807, 2.05) is 24.3 Å². The van der Waals surface area contributed by atoms with Gasteiger partial charge in [0.2, 0.25) is 0 Å². The molecule has 9 nitrogen and oxygen atoms in total. The summed E-state index contributed by atoms with van der Waals surface area (Å²) in [5.41, 5.74) is 3.60. The monoisotopic (exact) mass is 642 g/mol. The van der Waals surface area contributed by atoms with Crippen molar-refractivity contribution in [3.63, 3.8) is 0 Å². The van der Waals surface area contributed by atoms with Gasteiger partial charge in [-0.05, 0) is 22.0 Å². The molecule has 0 radical (unpaired) electrons. The Morgan fingerprint density at radius 3 is 2.54 bits per heavy atom. The Labute approximate surface area is 246 Å². The highest BCUT2D eigenvalue weighted by atomic mass is 79.9. The summed E-state index contributed by atoms with van der Waals surface area (Å²) in [7, 11) is -1.28. The van der Waals surface area contributed by atoms with E-state index in [0.717, 1.165) is 11.6 Å². The minimum atomic E-state index is -1.28. The van der Waals surface area contributed by atoms with Gasteiger partial charge in [0.05, 0.1) is 42.3 Å². The molecular weight excluding hydrogens is 611 g/mol. The summed E-state index contributed by atoms with van der Waals surface area (Å²) in [5, 5.41) is 10.1. The van der Waals surface area contributed by atoms with Gasteiger partial charge in [-0.1, -0.05) is 43.9 Å². The second-order valence-electron chi connectivity index (χ2n) is 11.6. The third-order valence-corrected chi connectivity index (χ3v) is 9.46. The maximum absolute atomic E-state index is 15.6. The summed E-state index contributed by atoms with van der Waals surface area (Å²) < 4.78 is 41.9. The van der Waals surface area contributed by atoms with E-state index in [4.69, 9.17) is 23.9 Å². The van der Waals surface area contributed by atoms with Crippen LogP contribution in [0.25, 0.3) is 33.5 Å². The van der Waals surface area contributed by atoms with Gasteiger partial charge in [0, 0.05) is 37.9 Å². The maximum Gasteiger partial charge on any atom is 0.198 e. The lowest BCUT2D eigenvalue weighted by atomic mass is 10.1. The van der Waals surface area contributed by atoms with Crippen LogP contribution in [0, 0.1) is 5.82 Å². The molecule has 41 heavy (non-hydrogen) atoms. The number of nitrogens with zero attached hydrogens (tertiary/aromatic N) is 4. The van der Waals surface area contributed by atoms with E-state index in [1.165, 1.54) is 6.07 Å². The van der Waals surface area contributed by atoms with Crippen LogP contribution in [-0.4, -0.2) is 76.9 Å². The van der Waals surface area contributed by atoms with Crippen molar-refractivity contribution in [2.75, 3.05) is 19.8 Å². The third kappa shape index (κ3) is 6.08. The molecule has 2 aliphatic heterocycles.